The summed E-state index contributed by atoms with van der Waals surface area (Å²) in [6.07, 6.45) is 0.923. The second-order valence-electron chi connectivity index (χ2n) is 3.31. The molecule has 3 nitrogen and oxygen atoms in total. The van der Waals surface area contributed by atoms with Gasteiger partial charge in [0.15, 0.2) is 6.29 Å². The monoisotopic (exact) mass is 222 g/mol. The number of hydrogen-bond acceptors (Lipinski definition) is 3. The van der Waals surface area contributed by atoms with Crippen LogP contribution in [0.15, 0.2) is 24.3 Å². The highest BCUT2D eigenvalue weighted by molar-refractivity contribution is 5.56. The second kappa shape index (κ2) is 7.14. The first-order valence-electron chi connectivity index (χ1n) is 5.58. The Morgan fingerprint density at radius 3 is 2.38 bits per heavy atom. The molecule has 1 aromatic rings. The Labute approximate surface area is 96.4 Å². The maximum Gasteiger partial charge on any atom is 0.184 e. The molecule has 0 spiro atoms. The van der Waals surface area contributed by atoms with Crippen LogP contribution in [0, 0.1) is 0 Å². The SMILES string of the molecule is CCOC(OCC)c1ccccc1CC=O. The van der Waals surface area contributed by atoms with Gasteiger partial charge in [-0.2, -0.15) is 0 Å². The summed E-state index contributed by atoms with van der Waals surface area (Å²) in [5, 5.41) is 0. The van der Waals surface area contributed by atoms with Gasteiger partial charge < -0.3 is 14.3 Å². The average molecular weight is 222 g/mol. The predicted molar refractivity (Wildman–Crippen MR) is 62.2 cm³/mol. The van der Waals surface area contributed by atoms with Gasteiger partial charge in [0.05, 0.1) is 0 Å². The topological polar surface area (TPSA) is 35.5 Å². The molecule has 0 aliphatic carbocycles. The van der Waals surface area contributed by atoms with Crippen molar-refractivity contribution < 1.29 is 14.3 Å². The van der Waals surface area contributed by atoms with Gasteiger partial charge in [0.2, 0.25) is 0 Å². The minimum absolute atomic E-state index is 0.369. The van der Waals surface area contributed by atoms with Crippen molar-refractivity contribution >= 4 is 6.29 Å². The van der Waals surface area contributed by atoms with Crippen LogP contribution in [0.5, 0.6) is 0 Å². The standard InChI is InChI=1S/C13H18O3/c1-3-15-13(16-4-2)12-8-6-5-7-11(12)9-10-14/h5-8,10,13H,3-4,9H2,1-2H3. The smallest absolute Gasteiger partial charge is 0.184 e. The number of aldehydes is 1. The van der Waals surface area contributed by atoms with Gasteiger partial charge in [-0.3, -0.25) is 0 Å². The fraction of sp³-hybridized carbons (Fsp3) is 0.462. The molecule has 0 aliphatic rings. The van der Waals surface area contributed by atoms with Gasteiger partial charge in [0.25, 0.3) is 0 Å². The number of hydrogen-bond donors (Lipinski definition) is 0. The number of carbonyl (C=O) groups excluding carboxylic acids is 1. The van der Waals surface area contributed by atoms with E-state index in [1.807, 2.05) is 38.1 Å². The highest BCUT2D eigenvalue weighted by Gasteiger charge is 2.14. The molecule has 0 saturated heterocycles. The number of ether oxygens (including phenoxy) is 2. The van der Waals surface area contributed by atoms with E-state index in [9.17, 15) is 4.79 Å². The molecule has 0 N–H and O–H groups in total. The summed E-state index contributed by atoms with van der Waals surface area (Å²) in [7, 11) is 0. The molecule has 88 valence electrons. The maximum atomic E-state index is 10.6. The van der Waals surface area contributed by atoms with E-state index in [1.165, 1.54) is 0 Å². The van der Waals surface area contributed by atoms with Gasteiger partial charge in [-0.25, -0.2) is 0 Å². The number of benzene rings is 1. The van der Waals surface area contributed by atoms with Crippen molar-refractivity contribution in [3.05, 3.63) is 35.4 Å². The molecular formula is C13H18O3. The summed E-state index contributed by atoms with van der Waals surface area (Å²) < 4.78 is 11.0. The van der Waals surface area contributed by atoms with E-state index in [1.54, 1.807) is 0 Å². The lowest BCUT2D eigenvalue weighted by Crippen LogP contribution is -2.11. The third kappa shape index (κ3) is 3.43. The summed E-state index contributed by atoms with van der Waals surface area (Å²) in [5.74, 6) is 0. The van der Waals surface area contributed by atoms with Crippen molar-refractivity contribution in [2.24, 2.45) is 0 Å². The minimum atomic E-state index is -0.369. The van der Waals surface area contributed by atoms with Crippen molar-refractivity contribution in [2.45, 2.75) is 26.6 Å². The summed E-state index contributed by atoms with van der Waals surface area (Å²) >= 11 is 0. The third-order valence-corrected chi connectivity index (χ3v) is 2.25. The van der Waals surface area contributed by atoms with Crippen LogP contribution in [0.1, 0.15) is 31.3 Å². The van der Waals surface area contributed by atoms with E-state index in [-0.39, 0.29) is 6.29 Å². The van der Waals surface area contributed by atoms with Crippen LogP contribution in [0.25, 0.3) is 0 Å². The third-order valence-electron chi connectivity index (χ3n) is 2.25. The van der Waals surface area contributed by atoms with Gasteiger partial charge in [0.1, 0.15) is 6.29 Å². The molecular weight excluding hydrogens is 204 g/mol. The fourth-order valence-corrected chi connectivity index (χ4v) is 1.57. The Bertz CT molecular complexity index is 317. The summed E-state index contributed by atoms with van der Waals surface area (Å²) in [6.45, 7) is 5.02. The van der Waals surface area contributed by atoms with E-state index in [4.69, 9.17) is 9.47 Å². The molecule has 0 bridgehead atoms. The molecule has 0 aliphatic heterocycles. The molecule has 0 heterocycles. The first kappa shape index (κ1) is 12.9. The van der Waals surface area contributed by atoms with Crippen LogP contribution in [-0.4, -0.2) is 19.5 Å². The van der Waals surface area contributed by atoms with Gasteiger partial charge in [-0.05, 0) is 19.4 Å². The minimum Gasteiger partial charge on any atom is -0.349 e. The van der Waals surface area contributed by atoms with Gasteiger partial charge in [-0.15, -0.1) is 0 Å². The van der Waals surface area contributed by atoms with E-state index in [0.717, 1.165) is 17.4 Å². The normalized spacial score (nSPS) is 10.7. The molecule has 1 rings (SSSR count). The predicted octanol–water partition coefficient (Wildman–Crippen LogP) is 2.50. The maximum absolute atomic E-state index is 10.6. The van der Waals surface area contributed by atoms with Crippen LogP contribution >= 0.6 is 0 Å². The van der Waals surface area contributed by atoms with Crippen LogP contribution in [0.3, 0.4) is 0 Å². The lowest BCUT2D eigenvalue weighted by Gasteiger charge is -2.19. The molecule has 0 aromatic heterocycles. The van der Waals surface area contributed by atoms with Crippen molar-refractivity contribution in [3.8, 4) is 0 Å². The Balaban J connectivity index is 2.92. The highest BCUT2D eigenvalue weighted by atomic mass is 16.7. The molecule has 0 fully saturated rings. The van der Waals surface area contributed by atoms with Crippen molar-refractivity contribution in [1.29, 1.82) is 0 Å². The zero-order valence-corrected chi connectivity index (χ0v) is 9.81. The summed E-state index contributed by atoms with van der Waals surface area (Å²) in [6, 6.07) is 7.70. The Hall–Kier alpha value is -1.19. The average Bonchev–Trinajstić information content (AvgIpc) is 2.30. The fourth-order valence-electron chi connectivity index (χ4n) is 1.57. The second-order valence-corrected chi connectivity index (χ2v) is 3.31. The molecule has 1 aromatic carbocycles. The van der Waals surface area contributed by atoms with Crippen LogP contribution < -0.4 is 0 Å². The number of rotatable bonds is 7. The van der Waals surface area contributed by atoms with Crippen LogP contribution in [-0.2, 0) is 20.7 Å². The largest absolute Gasteiger partial charge is 0.349 e. The Morgan fingerprint density at radius 1 is 1.19 bits per heavy atom. The summed E-state index contributed by atoms with van der Waals surface area (Å²) in [5.41, 5.74) is 1.91. The first-order chi connectivity index (χ1) is 7.83. The van der Waals surface area contributed by atoms with E-state index in [2.05, 4.69) is 0 Å². The lowest BCUT2D eigenvalue weighted by molar-refractivity contribution is -0.140. The summed E-state index contributed by atoms with van der Waals surface area (Å²) in [4.78, 5) is 10.6. The quantitative estimate of drug-likeness (QED) is 0.525. The van der Waals surface area contributed by atoms with Crippen molar-refractivity contribution in [2.75, 3.05) is 13.2 Å². The molecule has 0 amide bonds. The molecule has 16 heavy (non-hydrogen) atoms. The van der Waals surface area contributed by atoms with E-state index >= 15 is 0 Å². The van der Waals surface area contributed by atoms with E-state index < -0.39 is 0 Å². The van der Waals surface area contributed by atoms with Crippen LogP contribution in [0.2, 0.25) is 0 Å². The molecule has 0 unspecified atom stereocenters. The van der Waals surface area contributed by atoms with Crippen molar-refractivity contribution in [3.63, 3.8) is 0 Å². The Morgan fingerprint density at radius 2 is 1.81 bits per heavy atom. The molecule has 0 saturated carbocycles. The zero-order chi connectivity index (χ0) is 11.8. The lowest BCUT2D eigenvalue weighted by atomic mass is 10.0. The molecule has 0 atom stereocenters. The zero-order valence-electron chi connectivity index (χ0n) is 9.81. The number of carbonyl (C=O) groups is 1. The van der Waals surface area contributed by atoms with E-state index in [0.29, 0.717) is 19.6 Å². The van der Waals surface area contributed by atoms with Crippen LogP contribution in [0.4, 0.5) is 0 Å². The Kier molecular flexibility index (Phi) is 5.75. The first-order valence-corrected chi connectivity index (χ1v) is 5.58. The van der Waals surface area contributed by atoms with Gasteiger partial charge >= 0.3 is 0 Å². The highest BCUT2D eigenvalue weighted by Crippen LogP contribution is 2.22. The van der Waals surface area contributed by atoms with Gasteiger partial charge in [0, 0.05) is 25.2 Å². The van der Waals surface area contributed by atoms with Crippen molar-refractivity contribution in [1.82, 2.24) is 0 Å². The molecule has 3 heteroatoms. The molecule has 0 radical (unpaired) electrons. The van der Waals surface area contributed by atoms with Gasteiger partial charge in [-0.1, -0.05) is 24.3 Å².